The van der Waals surface area contributed by atoms with Gasteiger partial charge in [0.15, 0.2) is 5.84 Å². The van der Waals surface area contributed by atoms with Crippen LogP contribution in [0.2, 0.25) is 0 Å². The van der Waals surface area contributed by atoms with Gasteiger partial charge in [0.2, 0.25) is 0 Å². The number of amidine groups is 1. The maximum Gasteiger partial charge on any atom is 0.338 e. The molecule has 6 heteroatoms. The van der Waals surface area contributed by atoms with Crippen molar-refractivity contribution in [3.63, 3.8) is 0 Å². The molecule has 2 N–H and O–H groups in total. The van der Waals surface area contributed by atoms with E-state index < -0.39 is 11.5 Å². The van der Waals surface area contributed by atoms with Crippen molar-refractivity contribution in [1.29, 1.82) is 0 Å². The van der Waals surface area contributed by atoms with Gasteiger partial charge in [-0.2, -0.15) is 0 Å². The van der Waals surface area contributed by atoms with Gasteiger partial charge < -0.3 is 10.4 Å². The second-order valence-corrected chi connectivity index (χ2v) is 6.88. The van der Waals surface area contributed by atoms with Gasteiger partial charge >= 0.3 is 5.97 Å². The Morgan fingerprint density at radius 2 is 2.09 bits per heavy atom. The lowest BCUT2D eigenvalue weighted by atomic mass is 9.89. The summed E-state index contributed by atoms with van der Waals surface area (Å²) in [6.45, 7) is 7.48. The first-order chi connectivity index (χ1) is 10.7. The lowest BCUT2D eigenvalue weighted by molar-refractivity contribution is -0.124. The van der Waals surface area contributed by atoms with E-state index in [2.05, 4.69) is 15.3 Å². The maximum atomic E-state index is 12.3. The topological polar surface area (TPSA) is 91.6 Å². The number of aliphatic imine (C=N–C) groups is 1. The molecule has 2 heterocycles. The summed E-state index contributed by atoms with van der Waals surface area (Å²) in [7, 11) is 0. The molecule has 0 aromatic carbocycles. The van der Waals surface area contributed by atoms with Crippen molar-refractivity contribution >= 4 is 17.7 Å². The van der Waals surface area contributed by atoms with Crippen LogP contribution in [0.4, 0.5) is 0 Å². The number of nitrogens with one attached hydrogen (secondary N) is 1. The van der Waals surface area contributed by atoms with Gasteiger partial charge in [0.1, 0.15) is 11.2 Å². The van der Waals surface area contributed by atoms with E-state index in [9.17, 15) is 14.7 Å². The number of carboxylic acid groups (broad SMARTS) is 1. The average molecular weight is 315 g/mol. The zero-order valence-electron chi connectivity index (χ0n) is 13.8. The van der Waals surface area contributed by atoms with Crippen LogP contribution in [-0.4, -0.2) is 33.3 Å². The third kappa shape index (κ3) is 2.52. The Bertz CT molecular complexity index is 735. The molecule has 1 aromatic heterocycles. The summed E-state index contributed by atoms with van der Waals surface area (Å²) >= 11 is 0. The van der Waals surface area contributed by atoms with Crippen molar-refractivity contribution in [2.75, 3.05) is 0 Å². The Balaban J connectivity index is 2.13. The Labute approximate surface area is 135 Å². The quantitative estimate of drug-likeness (QED) is 0.891. The van der Waals surface area contributed by atoms with Gasteiger partial charge in [-0.15, -0.1) is 0 Å². The van der Waals surface area contributed by atoms with Crippen LogP contribution >= 0.6 is 0 Å². The molecule has 0 spiro atoms. The lowest BCUT2D eigenvalue weighted by Crippen LogP contribution is -2.41. The molecule has 1 aliphatic carbocycles. The average Bonchev–Trinajstić information content (AvgIpc) is 3.25. The number of aromatic nitrogens is 1. The summed E-state index contributed by atoms with van der Waals surface area (Å²) in [5.41, 5.74) is 1.25. The number of rotatable bonds is 4. The highest BCUT2D eigenvalue weighted by Gasteiger charge is 2.43. The molecule has 1 unspecified atom stereocenters. The normalized spacial score (nSPS) is 23.9. The van der Waals surface area contributed by atoms with Gasteiger partial charge in [0.25, 0.3) is 5.91 Å². The van der Waals surface area contributed by atoms with Crippen LogP contribution in [0.3, 0.4) is 0 Å². The Kier molecular flexibility index (Phi) is 3.50. The molecule has 6 nitrogen and oxygen atoms in total. The lowest BCUT2D eigenvalue weighted by Gasteiger charge is -2.21. The van der Waals surface area contributed by atoms with Gasteiger partial charge in [-0.1, -0.05) is 13.8 Å². The molecule has 1 aromatic rings. The number of hydrogen-bond donors (Lipinski definition) is 2. The van der Waals surface area contributed by atoms with Gasteiger partial charge in [-0.3, -0.25) is 4.79 Å². The number of aromatic carboxylic acids is 1. The van der Waals surface area contributed by atoms with Gasteiger partial charge in [0, 0.05) is 11.6 Å². The van der Waals surface area contributed by atoms with Crippen molar-refractivity contribution in [1.82, 2.24) is 10.3 Å². The minimum absolute atomic E-state index is 0.00151. The minimum Gasteiger partial charge on any atom is -0.478 e. The molecule has 3 rings (SSSR count). The second kappa shape index (κ2) is 5.15. The molecule has 0 saturated heterocycles. The Morgan fingerprint density at radius 3 is 2.57 bits per heavy atom. The zero-order valence-corrected chi connectivity index (χ0v) is 13.8. The van der Waals surface area contributed by atoms with Crippen LogP contribution in [-0.2, 0) is 4.79 Å². The van der Waals surface area contributed by atoms with E-state index in [0.29, 0.717) is 5.92 Å². The summed E-state index contributed by atoms with van der Waals surface area (Å²) < 4.78 is 0. The van der Waals surface area contributed by atoms with Crippen LogP contribution in [0.15, 0.2) is 11.1 Å². The van der Waals surface area contributed by atoms with Crippen LogP contribution in [0.1, 0.15) is 66.8 Å². The zero-order chi connectivity index (χ0) is 16.9. The van der Waals surface area contributed by atoms with E-state index in [4.69, 9.17) is 0 Å². The molecule has 1 saturated carbocycles. The molecular weight excluding hydrogens is 294 g/mol. The number of carbonyl (C=O) groups is 2. The van der Waals surface area contributed by atoms with E-state index in [1.165, 1.54) is 0 Å². The molecule has 1 amide bonds. The first-order valence-corrected chi connectivity index (χ1v) is 7.90. The van der Waals surface area contributed by atoms with Crippen LogP contribution in [0.25, 0.3) is 0 Å². The van der Waals surface area contributed by atoms with Crippen molar-refractivity contribution in [3.8, 4) is 0 Å². The number of aryl methyl sites for hydroxylation is 1. The number of carbonyl (C=O) groups excluding carboxylic acids is 1. The molecule has 0 radical (unpaired) electrons. The molecular formula is C17H21N3O3. The fourth-order valence-electron chi connectivity index (χ4n) is 2.79. The summed E-state index contributed by atoms with van der Waals surface area (Å²) in [4.78, 5) is 33.0. The van der Waals surface area contributed by atoms with E-state index in [-0.39, 0.29) is 28.9 Å². The highest BCUT2D eigenvalue weighted by molar-refractivity contribution is 6.17. The van der Waals surface area contributed by atoms with Crippen molar-refractivity contribution in [3.05, 3.63) is 28.6 Å². The van der Waals surface area contributed by atoms with Crippen molar-refractivity contribution in [2.45, 2.75) is 52.0 Å². The second-order valence-electron chi connectivity index (χ2n) is 6.88. The SMILES string of the molecule is Cc1cc(C(=O)O)c(C2=NC(C)(C(C)C)C(=O)N2)nc1C1CC1. The van der Waals surface area contributed by atoms with E-state index in [1.807, 2.05) is 20.8 Å². The summed E-state index contributed by atoms with van der Waals surface area (Å²) in [5, 5.41) is 12.2. The van der Waals surface area contributed by atoms with E-state index >= 15 is 0 Å². The molecule has 122 valence electrons. The van der Waals surface area contributed by atoms with Gasteiger partial charge in [0.05, 0.1) is 5.56 Å². The number of amides is 1. The van der Waals surface area contributed by atoms with Crippen LogP contribution in [0, 0.1) is 12.8 Å². The number of carboxylic acids is 1. The predicted molar refractivity (Wildman–Crippen MR) is 85.8 cm³/mol. The van der Waals surface area contributed by atoms with Gasteiger partial charge in [-0.05, 0) is 44.2 Å². The highest BCUT2D eigenvalue weighted by Crippen LogP contribution is 2.41. The third-order valence-electron chi connectivity index (χ3n) is 4.83. The third-order valence-corrected chi connectivity index (χ3v) is 4.83. The van der Waals surface area contributed by atoms with E-state index in [0.717, 1.165) is 24.1 Å². The van der Waals surface area contributed by atoms with Gasteiger partial charge in [-0.25, -0.2) is 14.8 Å². The first-order valence-electron chi connectivity index (χ1n) is 7.90. The Morgan fingerprint density at radius 1 is 1.43 bits per heavy atom. The fraction of sp³-hybridized carbons (Fsp3) is 0.529. The van der Waals surface area contributed by atoms with Crippen LogP contribution < -0.4 is 5.32 Å². The summed E-state index contributed by atoms with van der Waals surface area (Å²) in [6, 6.07) is 1.64. The summed E-state index contributed by atoms with van der Waals surface area (Å²) in [5.74, 6) is -0.611. The largest absolute Gasteiger partial charge is 0.478 e. The molecule has 1 aliphatic heterocycles. The van der Waals surface area contributed by atoms with Crippen molar-refractivity contribution < 1.29 is 14.7 Å². The van der Waals surface area contributed by atoms with E-state index in [1.54, 1.807) is 13.0 Å². The minimum atomic E-state index is -1.06. The molecule has 1 atom stereocenters. The Hall–Kier alpha value is -2.24. The highest BCUT2D eigenvalue weighted by atomic mass is 16.4. The molecule has 1 fully saturated rings. The van der Waals surface area contributed by atoms with Crippen LogP contribution in [0.5, 0.6) is 0 Å². The molecule has 23 heavy (non-hydrogen) atoms. The standard InChI is InChI=1S/C17H21N3O3/c1-8(2)17(4)16(23)19-14(20-17)13-11(15(21)22)7-9(3)12(18-13)10-5-6-10/h7-8,10H,5-6H2,1-4H3,(H,21,22)(H,19,20,23). The summed E-state index contributed by atoms with van der Waals surface area (Å²) in [6.07, 6.45) is 2.14. The smallest absolute Gasteiger partial charge is 0.338 e. The number of nitrogens with zero attached hydrogens (tertiary/aromatic N) is 2. The molecule has 2 aliphatic rings. The monoisotopic (exact) mass is 315 g/mol. The number of hydrogen-bond acceptors (Lipinski definition) is 4. The number of pyridine rings is 1. The van der Waals surface area contributed by atoms with Crippen molar-refractivity contribution in [2.24, 2.45) is 10.9 Å². The maximum absolute atomic E-state index is 12.3. The first kappa shape index (κ1) is 15.6. The molecule has 0 bridgehead atoms. The predicted octanol–water partition coefficient (Wildman–Crippen LogP) is 2.26. The fourth-order valence-corrected chi connectivity index (χ4v) is 2.79.